The van der Waals surface area contributed by atoms with Crippen LogP contribution in [0.25, 0.3) is 0 Å². The van der Waals surface area contributed by atoms with Crippen LogP contribution in [0.1, 0.15) is 15.9 Å². The minimum Gasteiger partial charge on any atom is -0.478 e. The minimum atomic E-state index is -4.55. The van der Waals surface area contributed by atoms with Crippen LogP contribution < -0.4 is 4.74 Å². The van der Waals surface area contributed by atoms with Gasteiger partial charge in [-0.15, -0.1) is 0 Å². The maximum Gasteiger partial charge on any atom is 0.416 e. The summed E-state index contributed by atoms with van der Waals surface area (Å²) >= 11 is 5.79. The predicted octanol–water partition coefficient (Wildman–Crippen LogP) is 4.85. The van der Waals surface area contributed by atoms with Crippen molar-refractivity contribution in [3.63, 3.8) is 0 Å². The fraction of sp³-hybridized carbons (Fsp3) is 0.0714. The maximum atomic E-state index is 12.7. The number of aromatic carboxylic acids is 1. The summed E-state index contributed by atoms with van der Waals surface area (Å²) in [5, 5.41) is 8.95. The molecular weight excluding hydrogens is 309 g/mol. The fourth-order valence-electron chi connectivity index (χ4n) is 1.61. The predicted molar refractivity (Wildman–Crippen MR) is 69.9 cm³/mol. The number of carbonyl (C=O) groups is 1. The number of para-hydroxylation sites is 1. The zero-order valence-electron chi connectivity index (χ0n) is 10.3. The first-order valence-corrected chi connectivity index (χ1v) is 6.04. The Labute approximate surface area is 122 Å². The molecule has 2 rings (SSSR count). The molecule has 1 N–H and O–H groups in total. The number of halogens is 4. The molecular formula is C14H8ClF3O3. The summed E-state index contributed by atoms with van der Waals surface area (Å²) in [6.07, 6.45) is -4.55. The number of rotatable bonds is 3. The third-order valence-electron chi connectivity index (χ3n) is 2.60. The van der Waals surface area contributed by atoms with Crippen LogP contribution in [0.15, 0.2) is 42.5 Å². The van der Waals surface area contributed by atoms with Gasteiger partial charge < -0.3 is 9.84 Å². The molecule has 110 valence electrons. The second-order valence-electron chi connectivity index (χ2n) is 4.05. The molecule has 2 aromatic rings. The summed E-state index contributed by atoms with van der Waals surface area (Å²) in [5.41, 5.74) is -1.11. The number of carboxylic acid groups (broad SMARTS) is 1. The lowest BCUT2D eigenvalue weighted by molar-refractivity contribution is -0.137. The van der Waals surface area contributed by atoms with Gasteiger partial charge in [-0.2, -0.15) is 13.2 Å². The quantitative estimate of drug-likeness (QED) is 0.880. The number of hydrogen-bond donors (Lipinski definition) is 1. The van der Waals surface area contributed by atoms with Gasteiger partial charge in [-0.05, 0) is 30.3 Å². The highest BCUT2D eigenvalue weighted by molar-refractivity contribution is 6.32. The zero-order chi connectivity index (χ0) is 15.6. The Hall–Kier alpha value is -2.21. The highest BCUT2D eigenvalue weighted by atomic mass is 35.5. The van der Waals surface area contributed by atoms with Crippen LogP contribution in [0.3, 0.4) is 0 Å². The van der Waals surface area contributed by atoms with Crippen LogP contribution in [0.5, 0.6) is 11.5 Å². The Morgan fingerprint density at radius 1 is 1.10 bits per heavy atom. The Balaban J connectivity index is 2.43. The van der Waals surface area contributed by atoms with Gasteiger partial charge in [0, 0.05) is 0 Å². The SMILES string of the molecule is O=C(O)c1ccccc1Oc1cc(C(F)(F)F)ccc1Cl. The molecule has 0 aromatic heterocycles. The van der Waals surface area contributed by atoms with E-state index in [9.17, 15) is 18.0 Å². The summed E-state index contributed by atoms with van der Waals surface area (Å²) in [5.74, 6) is -1.61. The van der Waals surface area contributed by atoms with Gasteiger partial charge in [-0.25, -0.2) is 4.79 Å². The highest BCUT2D eigenvalue weighted by Crippen LogP contribution is 2.37. The zero-order valence-corrected chi connectivity index (χ0v) is 11.1. The lowest BCUT2D eigenvalue weighted by Gasteiger charge is -2.12. The fourth-order valence-corrected chi connectivity index (χ4v) is 1.76. The van der Waals surface area contributed by atoms with E-state index in [1.165, 1.54) is 24.3 Å². The van der Waals surface area contributed by atoms with Gasteiger partial charge in [0.1, 0.15) is 17.1 Å². The molecule has 0 aliphatic rings. The van der Waals surface area contributed by atoms with Gasteiger partial charge in [-0.1, -0.05) is 23.7 Å². The van der Waals surface area contributed by atoms with Gasteiger partial charge in [-0.3, -0.25) is 0 Å². The van der Waals surface area contributed by atoms with Crippen molar-refractivity contribution in [3.8, 4) is 11.5 Å². The van der Waals surface area contributed by atoms with Crippen LogP contribution in [0.4, 0.5) is 13.2 Å². The summed E-state index contributed by atoms with van der Waals surface area (Å²) in [4.78, 5) is 11.0. The Kier molecular flexibility index (Phi) is 4.09. The average molecular weight is 317 g/mol. The van der Waals surface area contributed by atoms with E-state index in [-0.39, 0.29) is 22.1 Å². The van der Waals surface area contributed by atoms with Crippen molar-refractivity contribution >= 4 is 17.6 Å². The Bertz CT molecular complexity index is 683. The van der Waals surface area contributed by atoms with Crippen molar-refractivity contribution in [1.29, 1.82) is 0 Å². The molecule has 0 aliphatic carbocycles. The molecule has 0 atom stereocenters. The Morgan fingerprint density at radius 2 is 1.76 bits per heavy atom. The lowest BCUT2D eigenvalue weighted by atomic mass is 10.2. The van der Waals surface area contributed by atoms with E-state index in [4.69, 9.17) is 21.4 Å². The normalized spacial score (nSPS) is 11.2. The van der Waals surface area contributed by atoms with E-state index in [1.54, 1.807) is 0 Å². The molecule has 3 nitrogen and oxygen atoms in total. The Morgan fingerprint density at radius 3 is 2.38 bits per heavy atom. The van der Waals surface area contributed by atoms with Crippen molar-refractivity contribution < 1.29 is 27.8 Å². The summed E-state index contributed by atoms with van der Waals surface area (Å²) < 4.78 is 43.2. The lowest BCUT2D eigenvalue weighted by Crippen LogP contribution is -2.05. The number of hydrogen-bond acceptors (Lipinski definition) is 2. The second-order valence-corrected chi connectivity index (χ2v) is 4.45. The molecule has 2 aromatic carbocycles. The van der Waals surface area contributed by atoms with Crippen LogP contribution in [0.2, 0.25) is 5.02 Å². The molecule has 0 unspecified atom stereocenters. The van der Waals surface area contributed by atoms with Crippen LogP contribution in [-0.4, -0.2) is 11.1 Å². The van der Waals surface area contributed by atoms with Gasteiger partial charge in [0.2, 0.25) is 0 Å². The molecule has 0 saturated heterocycles. The first-order valence-electron chi connectivity index (χ1n) is 5.66. The summed E-state index contributed by atoms with van der Waals surface area (Å²) in [6.45, 7) is 0. The van der Waals surface area contributed by atoms with E-state index < -0.39 is 17.7 Å². The monoisotopic (exact) mass is 316 g/mol. The molecule has 0 amide bonds. The van der Waals surface area contributed by atoms with Crippen LogP contribution in [0, 0.1) is 0 Å². The van der Waals surface area contributed by atoms with E-state index in [0.29, 0.717) is 0 Å². The van der Waals surface area contributed by atoms with Gasteiger partial charge >= 0.3 is 12.1 Å². The van der Waals surface area contributed by atoms with Gasteiger partial charge in [0.15, 0.2) is 0 Å². The van der Waals surface area contributed by atoms with Gasteiger partial charge in [0.05, 0.1) is 10.6 Å². The number of alkyl halides is 3. The molecule has 21 heavy (non-hydrogen) atoms. The summed E-state index contributed by atoms with van der Waals surface area (Å²) in [7, 11) is 0. The molecule has 0 fully saturated rings. The van der Waals surface area contributed by atoms with Crippen LogP contribution >= 0.6 is 11.6 Å². The van der Waals surface area contributed by atoms with E-state index in [1.807, 2.05) is 0 Å². The molecule has 0 heterocycles. The van der Waals surface area contributed by atoms with Crippen LogP contribution in [-0.2, 0) is 6.18 Å². The first-order chi connectivity index (χ1) is 9.79. The third-order valence-corrected chi connectivity index (χ3v) is 2.91. The standard InChI is InChI=1S/C14H8ClF3O3/c15-10-6-5-8(14(16,17)18)7-12(10)21-11-4-2-1-3-9(11)13(19)20/h1-7H,(H,19,20). The largest absolute Gasteiger partial charge is 0.478 e. The summed E-state index contributed by atoms with van der Waals surface area (Å²) in [6, 6.07) is 8.18. The third kappa shape index (κ3) is 3.46. The molecule has 0 spiro atoms. The van der Waals surface area contributed by atoms with Gasteiger partial charge in [0.25, 0.3) is 0 Å². The highest BCUT2D eigenvalue weighted by Gasteiger charge is 2.31. The van der Waals surface area contributed by atoms with Crippen molar-refractivity contribution in [2.24, 2.45) is 0 Å². The minimum absolute atomic E-state index is 0.0526. The molecule has 0 radical (unpaired) electrons. The van der Waals surface area contributed by atoms with Crippen molar-refractivity contribution in [2.45, 2.75) is 6.18 Å². The van der Waals surface area contributed by atoms with E-state index in [2.05, 4.69) is 0 Å². The van der Waals surface area contributed by atoms with E-state index >= 15 is 0 Å². The molecule has 7 heteroatoms. The second kappa shape index (κ2) is 5.65. The number of carboxylic acids is 1. The van der Waals surface area contributed by atoms with Crippen molar-refractivity contribution in [1.82, 2.24) is 0 Å². The maximum absolute atomic E-state index is 12.7. The van der Waals surface area contributed by atoms with Crippen molar-refractivity contribution in [3.05, 3.63) is 58.6 Å². The molecule has 0 aliphatic heterocycles. The average Bonchev–Trinajstić information content (AvgIpc) is 2.40. The number of benzene rings is 2. The smallest absolute Gasteiger partial charge is 0.416 e. The topological polar surface area (TPSA) is 46.5 Å². The number of ether oxygens (including phenoxy) is 1. The van der Waals surface area contributed by atoms with Crippen molar-refractivity contribution in [2.75, 3.05) is 0 Å². The molecule has 0 saturated carbocycles. The molecule has 0 bridgehead atoms. The van der Waals surface area contributed by atoms with E-state index in [0.717, 1.165) is 18.2 Å². The first kappa shape index (κ1) is 15.2.